The van der Waals surface area contributed by atoms with Gasteiger partial charge in [-0.1, -0.05) is 35.5 Å². The Hall–Kier alpha value is -2.81. The number of thioether (sulfide) groups is 1. The lowest BCUT2D eigenvalue weighted by Crippen LogP contribution is -2.46. The highest BCUT2D eigenvalue weighted by molar-refractivity contribution is 7.99. The van der Waals surface area contributed by atoms with Crippen LogP contribution in [0.5, 0.6) is 0 Å². The van der Waals surface area contributed by atoms with Crippen LogP contribution in [0.25, 0.3) is 0 Å². The predicted molar refractivity (Wildman–Crippen MR) is 101 cm³/mol. The standard InChI is InChI=1S/C18H21N5O3S/c1-10-5-6-12(11(2)7-10)15-14(16(24)26-4)13(20-17(25)21-15)8-27-18-22-19-9-23(18)3/h5-7,9,15H,8H2,1-4H3,(H2,20,21,25)/t15-/m0/s1. The van der Waals surface area contributed by atoms with E-state index in [9.17, 15) is 9.59 Å². The van der Waals surface area contributed by atoms with Gasteiger partial charge >= 0.3 is 12.0 Å². The third-order valence-corrected chi connectivity index (χ3v) is 5.37. The van der Waals surface area contributed by atoms with E-state index < -0.39 is 12.0 Å². The van der Waals surface area contributed by atoms with E-state index in [-0.39, 0.29) is 6.03 Å². The first-order chi connectivity index (χ1) is 12.9. The molecule has 0 radical (unpaired) electrons. The second kappa shape index (κ2) is 7.83. The number of nitrogens with zero attached hydrogens (tertiary/aromatic N) is 3. The van der Waals surface area contributed by atoms with Crippen LogP contribution in [-0.2, 0) is 16.6 Å². The maximum absolute atomic E-state index is 12.6. The lowest BCUT2D eigenvalue weighted by atomic mass is 9.91. The van der Waals surface area contributed by atoms with Gasteiger partial charge < -0.3 is 19.9 Å². The molecule has 0 spiro atoms. The van der Waals surface area contributed by atoms with Crippen LogP contribution in [0.3, 0.4) is 0 Å². The van der Waals surface area contributed by atoms with Crippen molar-refractivity contribution < 1.29 is 14.3 Å². The molecule has 2 amide bonds. The Bertz CT molecular complexity index is 921. The summed E-state index contributed by atoms with van der Waals surface area (Å²) < 4.78 is 6.77. The van der Waals surface area contributed by atoms with Crippen LogP contribution < -0.4 is 10.6 Å². The normalized spacial score (nSPS) is 16.7. The largest absolute Gasteiger partial charge is 0.466 e. The Morgan fingerprint density at radius 1 is 1.37 bits per heavy atom. The highest BCUT2D eigenvalue weighted by Crippen LogP contribution is 2.32. The fraction of sp³-hybridized carbons (Fsp3) is 0.333. The van der Waals surface area contributed by atoms with E-state index in [0.717, 1.165) is 16.7 Å². The van der Waals surface area contributed by atoms with Crippen molar-refractivity contribution >= 4 is 23.8 Å². The molecule has 27 heavy (non-hydrogen) atoms. The first-order valence-corrected chi connectivity index (χ1v) is 9.32. The molecule has 2 N–H and O–H groups in total. The van der Waals surface area contributed by atoms with Crippen molar-refractivity contribution in [2.45, 2.75) is 25.0 Å². The third-order valence-electron chi connectivity index (χ3n) is 4.31. The molecular formula is C18H21N5O3S. The summed E-state index contributed by atoms with van der Waals surface area (Å²) in [5, 5.41) is 14.1. The Morgan fingerprint density at radius 2 is 2.15 bits per heavy atom. The molecule has 1 aromatic heterocycles. The molecule has 9 heteroatoms. The zero-order valence-electron chi connectivity index (χ0n) is 15.6. The van der Waals surface area contributed by atoms with Crippen molar-refractivity contribution in [3.8, 4) is 0 Å². The molecule has 1 aromatic carbocycles. The SMILES string of the molecule is COC(=O)C1=C(CSc2nncn2C)NC(=O)N[C@H]1c1ccc(C)cc1C. The molecule has 2 heterocycles. The Kier molecular flexibility index (Phi) is 5.50. The second-order valence-electron chi connectivity index (χ2n) is 6.29. The zero-order chi connectivity index (χ0) is 19.6. The van der Waals surface area contributed by atoms with Gasteiger partial charge in [-0.3, -0.25) is 0 Å². The summed E-state index contributed by atoms with van der Waals surface area (Å²) in [4.78, 5) is 24.8. The van der Waals surface area contributed by atoms with Crippen LogP contribution in [0.2, 0.25) is 0 Å². The molecule has 1 atom stereocenters. The number of aromatic nitrogens is 3. The van der Waals surface area contributed by atoms with Gasteiger partial charge in [-0.25, -0.2) is 9.59 Å². The fourth-order valence-electron chi connectivity index (χ4n) is 3.01. The molecular weight excluding hydrogens is 366 g/mol. The molecule has 142 valence electrons. The Balaban J connectivity index is 2.01. The van der Waals surface area contributed by atoms with Crippen molar-refractivity contribution in [1.29, 1.82) is 0 Å². The number of urea groups is 1. The summed E-state index contributed by atoms with van der Waals surface area (Å²) in [7, 11) is 3.16. The number of rotatable bonds is 5. The number of amides is 2. The summed E-state index contributed by atoms with van der Waals surface area (Å²) in [5.41, 5.74) is 3.85. The van der Waals surface area contributed by atoms with E-state index in [1.165, 1.54) is 18.9 Å². The van der Waals surface area contributed by atoms with Gasteiger partial charge in [0, 0.05) is 18.5 Å². The summed E-state index contributed by atoms with van der Waals surface area (Å²) in [6.45, 7) is 3.96. The molecule has 1 aliphatic rings. The third kappa shape index (κ3) is 3.97. The van der Waals surface area contributed by atoms with Crippen LogP contribution in [-0.4, -0.2) is 39.6 Å². The van der Waals surface area contributed by atoms with Crippen LogP contribution >= 0.6 is 11.8 Å². The Morgan fingerprint density at radius 3 is 2.78 bits per heavy atom. The first kappa shape index (κ1) is 19.0. The number of methoxy groups -OCH3 is 1. The van der Waals surface area contributed by atoms with Gasteiger partial charge in [-0.2, -0.15) is 0 Å². The second-order valence-corrected chi connectivity index (χ2v) is 7.23. The number of esters is 1. The van der Waals surface area contributed by atoms with Crippen molar-refractivity contribution in [3.05, 3.63) is 52.5 Å². The highest BCUT2D eigenvalue weighted by Gasteiger charge is 2.34. The lowest BCUT2D eigenvalue weighted by molar-refractivity contribution is -0.136. The monoisotopic (exact) mass is 387 g/mol. The lowest BCUT2D eigenvalue weighted by Gasteiger charge is -2.30. The van der Waals surface area contributed by atoms with Crippen LogP contribution in [0.4, 0.5) is 4.79 Å². The van der Waals surface area contributed by atoms with E-state index in [1.807, 2.05) is 39.1 Å². The molecule has 0 fully saturated rings. The number of aryl methyl sites for hydroxylation is 3. The molecule has 0 unspecified atom stereocenters. The molecule has 0 aliphatic carbocycles. The number of nitrogens with one attached hydrogen (secondary N) is 2. The number of carbonyl (C=O) groups is 2. The number of benzene rings is 1. The molecule has 1 aliphatic heterocycles. The van der Waals surface area contributed by atoms with Crippen molar-refractivity contribution in [2.24, 2.45) is 7.05 Å². The molecule has 0 saturated heterocycles. The van der Waals surface area contributed by atoms with Gasteiger partial charge in [0.2, 0.25) is 0 Å². The minimum atomic E-state index is -0.582. The summed E-state index contributed by atoms with van der Waals surface area (Å²) >= 11 is 1.38. The predicted octanol–water partition coefficient (Wildman–Crippen LogP) is 2.01. The number of hydrogen-bond donors (Lipinski definition) is 2. The summed E-state index contributed by atoms with van der Waals surface area (Å²) in [6, 6.07) is 4.96. The zero-order valence-corrected chi connectivity index (χ0v) is 16.4. The first-order valence-electron chi connectivity index (χ1n) is 8.33. The van der Waals surface area contributed by atoms with Crippen molar-refractivity contribution in [2.75, 3.05) is 12.9 Å². The molecule has 3 rings (SSSR count). The van der Waals surface area contributed by atoms with Gasteiger partial charge in [0.25, 0.3) is 0 Å². The van der Waals surface area contributed by atoms with Crippen molar-refractivity contribution in [1.82, 2.24) is 25.4 Å². The van der Waals surface area contributed by atoms with Gasteiger partial charge in [0.15, 0.2) is 5.16 Å². The van der Waals surface area contributed by atoms with Gasteiger partial charge in [0.1, 0.15) is 6.33 Å². The molecule has 2 aromatic rings. The van der Waals surface area contributed by atoms with E-state index in [0.29, 0.717) is 22.2 Å². The fourth-order valence-corrected chi connectivity index (χ4v) is 3.86. The molecule has 0 saturated carbocycles. The smallest absolute Gasteiger partial charge is 0.338 e. The maximum atomic E-state index is 12.6. The maximum Gasteiger partial charge on any atom is 0.338 e. The summed E-state index contributed by atoms with van der Waals surface area (Å²) in [5.74, 6) is -0.132. The quantitative estimate of drug-likeness (QED) is 0.602. The van der Waals surface area contributed by atoms with Crippen LogP contribution in [0.15, 0.2) is 41.0 Å². The van der Waals surface area contributed by atoms with E-state index in [1.54, 1.807) is 10.9 Å². The van der Waals surface area contributed by atoms with Gasteiger partial charge in [-0.15, -0.1) is 10.2 Å². The van der Waals surface area contributed by atoms with Crippen molar-refractivity contribution in [3.63, 3.8) is 0 Å². The number of hydrogen-bond acceptors (Lipinski definition) is 6. The van der Waals surface area contributed by atoms with Gasteiger partial charge in [-0.05, 0) is 25.0 Å². The average molecular weight is 387 g/mol. The van der Waals surface area contributed by atoms with Gasteiger partial charge in [0.05, 0.1) is 18.7 Å². The summed E-state index contributed by atoms with van der Waals surface area (Å²) in [6.07, 6.45) is 1.59. The minimum absolute atomic E-state index is 0.353. The highest BCUT2D eigenvalue weighted by atomic mass is 32.2. The average Bonchev–Trinajstić information content (AvgIpc) is 3.03. The van der Waals surface area contributed by atoms with E-state index >= 15 is 0 Å². The minimum Gasteiger partial charge on any atom is -0.466 e. The van der Waals surface area contributed by atoms with E-state index in [2.05, 4.69) is 20.8 Å². The van der Waals surface area contributed by atoms with Crippen LogP contribution in [0.1, 0.15) is 22.7 Å². The van der Waals surface area contributed by atoms with Crippen LogP contribution in [0, 0.1) is 13.8 Å². The topological polar surface area (TPSA) is 98.1 Å². The number of carbonyl (C=O) groups excluding carboxylic acids is 2. The Labute approximate surface area is 161 Å². The number of ether oxygens (including phenoxy) is 1. The van der Waals surface area contributed by atoms with E-state index in [4.69, 9.17) is 4.74 Å². The molecule has 0 bridgehead atoms. The molecule has 8 nitrogen and oxygen atoms in total.